The van der Waals surface area contributed by atoms with Crippen molar-refractivity contribution >= 4 is 40.2 Å². The van der Waals surface area contributed by atoms with Crippen LogP contribution in [0.5, 0.6) is 0 Å². The summed E-state index contributed by atoms with van der Waals surface area (Å²) in [5.74, 6) is -0.534. The van der Waals surface area contributed by atoms with Crippen molar-refractivity contribution in [2.24, 2.45) is 0 Å². The van der Waals surface area contributed by atoms with Crippen molar-refractivity contribution in [3.8, 4) is 0 Å². The molecular weight excluding hydrogens is 351 g/mol. The average molecular weight is 365 g/mol. The van der Waals surface area contributed by atoms with Crippen molar-refractivity contribution in [2.45, 2.75) is 13.0 Å². The van der Waals surface area contributed by atoms with Gasteiger partial charge in [-0.3, -0.25) is 4.57 Å². The second-order valence-corrected chi connectivity index (χ2v) is 6.06. The van der Waals surface area contributed by atoms with Crippen LogP contribution in [-0.2, 0) is 11.3 Å². The molecule has 0 saturated heterocycles. The molecule has 2 aromatic carbocycles. The first-order chi connectivity index (χ1) is 11.6. The van der Waals surface area contributed by atoms with Crippen molar-refractivity contribution in [1.82, 2.24) is 9.55 Å². The van der Waals surface area contributed by atoms with Crippen LogP contribution >= 0.6 is 23.2 Å². The fourth-order valence-corrected chi connectivity index (χ4v) is 2.81. The van der Waals surface area contributed by atoms with Gasteiger partial charge in [-0.2, -0.15) is 0 Å². The predicted octanol–water partition coefficient (Wildman–Crippen LogP) is 3.88. The molecule has 0 aliphatic rings. The maximum absolute atomic E-state index is 12.0. The van der Waals surface area contributed by atoms with Crippen LogP contribution in [0.25, 0.3) is 11.0 Å². The van der Waals surface area contributed by atoms with E-state index in [9.17, 15) is 9.59 Å². The van der Waals surface area contributed by atoms with Crippen molar-refractivity contribution in [2.75, 3.05) is 6.61 Å². The summed E-state index contributed by atoms with van der Waals surface area (Å²) in [6.07, 6.45) is 0.506. The molecule has 1 N–H and O–H groups in total. The molecule has 7 heteroatoms. The molecule has 24 heavy (non-hydrogen) atoms. The summed E-state index contributed by atoms with van der Waals surface area (Å²) >= 11 is 11.8. The molecule has 3 aromatic rings. The van der Waals surface area contributed by atoms with Gasteiger partial charge in [-0.05, 0) is 36.8 Å². The third-order valence-corrected chi connectivity index (χ3v) is 4.15. The predicted molar refractivity (Wildman–Crippen MR) is 93.9 cm³/mol. The lowest BCUT2D eigenvalue weighted by Gasteiger charge is -2.07. The molecular formula is C17H14Cl2N2O3. The van der Waals surface area contributed by atoms with E-state index >= 15 is 0 Å². The van der Waals surface area contributed by atoms with E-state index in [0.717, 1.165) is 11.0 Å². The van der Waals surface area contributed by atoms with Crippen LogP contribution in [-0.4, -0.2) is 22.1 Å². The highest BCUT2D eigenvalue weighted by Gasteiger charge is 2.12. The Morgan fingerprint density at radius 1 is 1.17 bits per heavy atom. The van der Waals surface area contributed by atoms with Crippen LogP contribution in [0, 0.1) is 0 Å². The first-order valence-electron chi connectivity index (χ1n) is 7.36. The fraction of sp³-hybridized carbons (Fsp3) is 0.176. The highest BCUT2D eigenvalue weighted by Crippen LogP contribution is 2.21. The van der Waals surface area contributed by atoms with Crippen LogP contribution in [0.1, 0.15) is 16.8 Å². The number of aryl methyl sites for hydroxylation is 1. The van der Waals surface area contributed by atoms with E-state index in [2.05, 4.69) is 4.98 Å². The van der Waals surface area contributed by atoms with Crippen LogP contribution in [0.3, 0.4) is 0 Å². The van der Waals surface area contributed by atoms with Crippen molar-refractivity contribution < 1.29 is 9.53 Å². The third kappa shape index (κ3) is 3.47. The normalized spacial score (nSPS) is 10.9. The number of hydrogen-bond donors (Lipinski definition) is 1. The number of H-pyrrole nitrogens is 1. The van der Waals surface area contributed by atoms with Crippen LogP contribution in [0.15, 0.2) is 47.3 Å². The van der Waals surface area contributed by atoms with Gasteiger partial charge in [0.25, 0.3) is 0 Å². The number of hydrogen-bond acceptors (Lipinski definition) is 3. The summed E-state index contributed by atoms with van der Waals surface area (Å²) < 4.78 is 6.83. The lowest BCUT2D eigenvalue weighted by Crippen LogP contribution is -2.18. The Bertz CT molecular complexity index is 946. The van der Waals surface area contributed by atoms with Gasteiger partial charge in [-0.25, -0.2) is 9.59 Å². The van der Waals surface area contributed by atoms with E-state index in [4.69, 9.17) is 27.9 Å². The lowest BCUT2D eigenvalue weighted by molar-refractivity contribution is 0.0496. The zero-order valence-electron chi connectivity index (χ0n) is 12.6. The van der Waals surface area contributed by atoms with E-state index in [-0.39, 0.29) is 22.9 Å². The molecule has 5 nitrogen and oxygen atoms in total. The molecule has 0 amide bonds. The molecule has 124 valence electrons. The number of aromatic amines is 1. The summed E-state index contributed by atoms with van der Waals surface area (Å²) in [7, 11) is 0. The average Bonchev–Trinajstić information content (AvgIpc) is 2.89. The molecule has 0 unspecified atom stereocenters. The van der Waals surface area contributed by atoms with Gasteiger partial charge in [0, 0.05) is 11.6 Å². The van der Waals surface area contributed by atoms with Gasteiger partial charge >= 0.3 is 11.7 Å². The number of nitrogens with zero attached hydrogens (tertiary/aromatic N) is 1. The molecule has 1 aromatic heterocycles. The fourth-order valence-electron chi connectivity index (χ4n) is 2.45. The van der Waals surface area contributed by atoms with Gasteiger partial charge in [0.1, 0.15) is 0 Å². The maximum atomic E-state index is 12.0. The van der Waals surface area contributed by atoms with E-state index in [1.165, 1.54) is 6.07 Å². The number of nitrogens with one attached hydrogen (secondary N) is 1. The highest BCUT2D eigenvalue weighted by atomic mass is 35.5. The Morgan fingerprint density at radius 2 is 1.96 bits per heavy atom. The molecule has 0 fully saturated rings. The first kappa shape index (κ1) is 16.6. The van der Waals surface area contributed by atoms with Gasteiger partial charge in [0.2, 0.25) is 0 Å². The van der Waals surface area contributed by atoms with Gasteiger partial charge in [0.05, 0.1) is 28.2 Å². The largest absolute Gasteiger partial charge is 0.462 e. The number of carbonyl (C=O) groups is 1. The Morgan fingerprint density at radius 3 is 2.79 bits per heavy atom. The van der Waals surface area contributed by atoms with Gasteiger partial charge in [-0.1, -0.05) is 35.3 Å². The number of benzene rings is 2. The van der Waals surface area contributed by atoms with Crippen molar-refractivity contribution in [3.05, 3.63) is 68.6 Å². The summed E-state index contributed by atoms with van der Waals surface area (Å²) in [5.41, 5.74) is 1.66. The highest BCUT2D eigenvalue weighted by molar-refractivity contribution is 6.35. The number of rotatable bonds is 5. The zero-order valence-corrected chi connectivity index (χ0v) is 14.1. The Hall–Kier alpha value is -2.24. The van der Waals surface area contributed by atoms with Gasteiger partial charge in [0.15, 0.2) is 0 Å². The van der Waals surface area contributed by atoms with Crippen molar-refractivity contribution in [1.29, 1.82) is 0 Å². The van der Waals surface area contributed by atoms with E-state index in [1.54, 1.807) is 16.7 Å². The standard InChI is InChI=1S/C17H14Cl2N2O3/c18-11-6-7-13(19)12(10-11)16(22)24-9-3-8-21-15-5-2-1-4-14(15)20-17(21)23/h1-2,4-7,10H,3,8-9H2,(H,20,23). The number of carbonyl (C=O) groups excluding carboxylic acids is 1. The van der Waals surface area contributed by atoms with Crippen LogP contribution in [0.2, 0.25) is 10.0 Å². The number of imidazole rings is 1. The molecule has 1 heterocycles. The summed E-state index contributed by atoms with van der Waals surface area (Å²) in [5, 5.41) is 0.703. The molecule has 3 rings (SSSR count). The minimum Gasteiger partial charge on any atom is -0.462 e. The Balaban J connectivity index is 1.61. The number of fused-ring (bicyclic) bond motifs is 1. The number of esters is 1. The molecule has 0 atom stereocenters. The molecule has 0 bridgehead atoms. The SMILES string of the molecule is O=C(OCCCn1c(=O)[nH]c2ccccc21)c1cc(Cl)ccc1Cl. The quantitative estimate of drug-likeness (QED) is 0.551. The van der Waals surface area contributed by atoms with Crippen molar-refractivity contribution in [3.63, 3.8) is 0 Å². The molecule has 0 spiro atoms. The first-order valence-corrected chi connectivity index (χ1v) is 8.11. The Labute approximate surface area is 147 Å². The monoisotopic (exact) mass is 364 g/mol. The topological polar surface area (TPSA) is 64.1 Å². The lowest BCUT2D eigenvalue weighted by atomic mass is 10.2. The third-order valence-electron chi connectivity index (χ3n) is 3.59. The summed E-state index contributed by atoms with van der Waals surface area (Å²) in [6, 6.07) is 12.1. The molecule has 0 saturated carbocycles. The minimum absolute atomic E-state index is 0.174. The van der Waals surface area contributed by atoms with E-state index in [1.807, 2.05) is 24.3 Å². The second kappa shape index (κ2) is 7.11. The second-order valence-electron chi connectivity index (χ2n) is 5.21. The van der Waals surface area contributed by atoms with E-state index < -0.39 is 5.97 Å². The van der Waals surface area contributed by atoms with E-state index in [0.29, 0.717) is 18.0 Å². The molecule has 0 aliphatic heterocycles. The maximum Gasteiger partial charge on any atom is 0.339 e. The van der Waals surface area contributed by atoms with Crippen LogP contribution in [0.4, 0.5) is 0 Å². The minimum atomic E-state index is -0.534. The Kier molecular flexibility index (Phi) is 4.92. The number of para-hydroxylation sites is 2. The number of aromatic nitrogens is 2. The summed E-state index contributed by atoms with van der Waals surface area (Å²) in [6.45, 7) is 0.618. The number of halogens is 2. The molecule has 0 aliphatic carbocycles. The molecule has 0 radical (unpaired) electrons. The van der Waals surface area contributed by atoms with Gasteiger partial charge < -0.3 is 9.72 Å². The smallest absolute Gasteiger partial charge is 0.339 e. The van der Waals surface area contributed by atoms with Gasteiger partial charge in [-0.15, -0.1) is 0 Å². The zero-order chi connectivity index (χ0) is 17.1. The summed E-state index contributed by atoms with van der Waals surface area (Å²) in [4.78, 5) is 26.7. The number of ether oxygens (including phenoxy) is 1. The van der Waals surface area contributed by atoms with Crippen LogP contribution < -0.4 is 5.69 Å².